The Labute approximate surface area is 127 Å². The van der Waals surface area contributed by atoms with E-state index in [1.165, 1.54) is 0 Å². The highest BCUT2D eigenvalue weighted by molar-refractivity contribution is 7.89. The third kappa shape index (κ3) is 6.73. The maximum Gasteiger partial charge on any atom is 0.240 e. The van der Waals surface area contributed by atoms with Gasteiger partial charge in [-0.3, -0.25) is 4.79 Å². The van der Waals surface area contributed by atoms with E-state index in [9.17, 15) is 13.2 Å². The van der Waals surface area contributed by atoms with Gasteiger partial charge < -0.3 is 5.32 Å². The summed E-state index contributed by atoms with van der Waals surface area (Å²) in [6.45, 7) is 8.28. The molecule has 0 fully saturated rings. The fourth-order valence-electron chi connectivity index (χ4n) is 1.73. The Hall–Kier alpha value is -1.40. The number of carbonyl (C=O) groups excluding carboxylic acids is 1. The summed E-state index contributed by atoms with van der Waals surface area (Å²) in [5.41, 5.74) is 0.925. The minimum Gasteiger partial charge on any atom is -0.355 e. The van der Waals surface area contributed by atoms with Gasteiger partial charge in [0.15, 0.2) is 0 Å². The highest BCUT2D eigenvalue weighted by Crippen LogP contribution is 2.17. The highest BCUT2D eigenvalue weighted by Gasteiger charge is 2.16. The van der Waals surface area contributed by atoms with E-state index in [4.69, 9.17) is 0 Å². The molecule has 118 valence electrons. The molecule has 0 radical (unpaired) electrons. The lowest BCUT2D eigenvalue weighted by molar-refractivity contribution is -0.122. The van der Waals surface area contributed by atoms with Crippen LogP contribution in [0.5, 0.6) is 0 Å². The van der Waals surface area contributed by atoms with E-state index in [-0.39, 0.29) is 29.3 Å². The summed E-state index contributed by atoms with van der Waals surface area (Å²) in [4.78, 5) is 11.8. The Kier molecular flexibility index (Phi) is 5.92. The first-order valence-electron chi connectivity index (χ1n) is 6.93. The molecule has 6 heteroatoms. The Morgan fingerprint density at radius 2 is 1.67 bits per heavy atom. The van der Waals surface area contributed by atoms with Crippen LogP contribution < -0.4 is 10.0 Å². The lowest BCUT2D eigenvalue weighted by atomic mass is 9.92. The largest absolute Gasteiger partial charge is 0.355 e. The molecule has 0 heterocycles. The van der Waals surface area contributed by atoms with Gasteiger partial charge in [-0.15, -0.1) is 0 Å². The molecule has 1 aromatic carbocycles. The Bertz CT molecular complexity index is 572. The minimum absolute atomic E-state index is 0.0722. The topological polar surface area (TPSA) is 75.3 Å². The molecule has 0 aromatic heterocycles. The molecule has 5 nitrogen and oxygen atoms in total. The molecular formula is C15H24N2O3S. The van der Waals surface area contributed by atoms with E-state index in [2.05, 4.69) is 10.0 Å². The number of benzene rings is 1. The number of sulfonamides is 1. The van der Waals surface area contributed by atoms with E-state index in [1.807, 2.05) is 27.7 Å². The van der Waals surface area contributed by atoms with Crippen molar-refractivity contribution >= 4 is 15.9 Å². The molecule has 1 aromatic rings. The van der Waals surface area contributed by atoms with Crippen molar-refractivity contribution in [3.05, 3.63) is 29.8 Å². The summed E-state index contributed by atoms with van der Waals surface area (Å²) in [5.74, 6) is -0.0722. The van der Waals surface area contributed by atoms with Crippen molar-refractivity contribution in [2.45, 2.75) is 39.0 Å². The van der Waals surface area contributed by atoms with E-state index >= 15 is 0 Å². The van der Waals surface area contributed by atoms with Gasteiger partial charge in [-0.1, -0.05) is 38.5 Å². The van der Waals surface area contributed by atoms with Gasteiger partial charge in [0.25, 0.3) is 0 Å². The zero-order valence-corrected chi connectivity index (χ0v) is 13.9. The summed E-state index contributed by atoms with van der Waals surface area (Å²) in [7, 11) is -3.51. The zero-order chi connectivity index (χ0) is 16.1. The van der Waals surface area contributed by atoms with Crippen molar-refractivity contribution < 1.29 is 13.2 Å². The van der Waals surface area contributed by atoms with E-state index in [0.717, 1.165) is 5.56 Å². The van der Waals surface area contributed by atoms with Crippen LogP contribution >= 0.6 is 0 Å². The van der Waals surface area contributed by atoms with Crippen LogP contribution in [0.1, 0.15) is 32.8 Å². The molecular weight excluding hydrogens is 288 g/mol. The van der Waals surface area contributed by atoms with Crippen molar-refractivity contribution in [2.24, 2.45) is 5.41 Å². The monoisotopic (exact) mass is 312 g/mol. The molecule has 21 heavy (non-hydrogen) atoms. The van der Waals surface area contributed by atoms with Crippen molar-refractivity contribution in [1.82, 2.24) is 10.0 Å². The van der Waals surface area contributed by atoms with Crippen LogP contribution in [0.3, 0.4) is 0 Å². The molecule has 0 spiro atoms. The Balaban J connectivity index is 2.41. The normalized spacial score (nSPS) is 12.2. The smallest absolute Gasteiger partial charge is 0.240 e. The van der Waals surface area contributed by atoms with Crippen LogP contribution in [0, 0.1) is 12.3 Å². The zero-order valence-electron chi connectivity index (χ0n) is 13.1. The first-order valence-corrected chi connectivity index (χ1v) is 8.41. The Morgan fingerprint density at radius 3 is 2.19 bits per heavy atom. The summed E-state index contributed by atoms with van der Waals surface area (Å²) in [5, 5.41) is 2.71. The van der Waals surface area contributed by atoms with Crippen LogP contribution in [-0.2, 0) is 14.8 Å². The second-order valence-corrected chi connectivity index (χ2v) is 8.07. The summed E-state index contributed by atoms with van der Waals surface area (Å²) >= 11 is 0. The van der Waals surface area contributed by atoms with Crippen LogP contribution in [0.2, 0.25) is 0 Å². The van der Waals surface area contributed by atoms with Gasteiger partial charge in [0.1, 0.15) is 0 Å². The molecule has 1 rings (SSSR count). The van der Waals surface area contributed by atoms with Gasteiger partial charge in [0.05, 0.1) is 4.90 Å². The van der Waals surface area contributed by atoms with Gasteiger partial charge in [-0.25, -0.2) is 13.1 Å². The molecule has 0 aliphatic heterocycles. The molecule has 0 saturated heterocycles. The highest BCUT2D eigenvalue weighted by atomic mass is 32.2. The molecule has 2 N–H and O–H groups in total. The molecule has 0 bridgehead atoms. The molecule has 0 aliphatic rings. The number of carbonyl (C=O) groups is 1. The van der Waals surface area contributed by atoms with Gasteiger partial charge >= 0.3 is 0 Å². The van der Waals surface area contributed by atoms with Gasteiger partial charge in [-0.2, -0.15) is 0 Å². The van der Waals surface area contributed by atoms with Crippen LogP contribution in [0.15, 0.2) is 29.2 Å². The summed E-state index contributed by atoms with van der Waals surface area (Å²) < 4.78 is 26.5. The fraction of sp³-hybridized carbons (Fsp3) is 0.533. The van der Waals surface area contributed by atoms with E-state index in [1.54, 1.807) is 24.3 Å². The first kappa shape index (κ1) is 17.7. The van der Waals surface area contributed by atoms with Gasteiger partial charge in [-0.05, 0) is 24.5 Å². The van der Waals surface area contributed by atoms with Crippen LogP contribution in [-0.4, -0.2) is 27.4 Å². The maximum atomic E-state index is 12.0. The molecule has 0 unspecified atom stereocenters. The van der Waals surface area contributed by atoms with Gasteiger partial charge in [0.2, 0.25) is 15.9 Å². The molecule has 0 saturated carbocycles. The first-order chi connectivity index (χ1) is 9.60. The second-order valence-electron chi connectivity index (χ2n) is 6.30. The predicted octanol–water partition coefficient (Wildman–Crippen LogP) is 1.83. The van der Waals surface area contributed by atoms with Gasteiger partial charge in [0, 0.05) is 19.5 Å². The summed E-state index contributed by atoms with van der Waals surface area (Å²) in [6, 6.07) is 6.63. The lowest BCUT2D eigenvalue weighted by Crippen LogP contribution is -2.35. The van der Waals surface area contributed by atoms with Crippen molar-refractivity contribution in [3.63, 3.8) is 0 Å². The SMILES string of the molecule is Cc1ccc(S(=O)(=O)NCCNC(=O)CC(C)(C)C)cc1. The molecule has 1 amide bonds. The number of aryl methyl sites for hydroxylation is 1. The predicted molar refractivity (Wildman–Crippen MR) is 83.4 cm³/mol. The second kappa shape index (κ2) is 7.04. The van der Waals surface area contributed by atoms with Crippen molar-refractivity contribution in [3.8, 4) is 0 Å². The van der Waals surface area contributed by atoms with Crippen molar-refractivity contribution in [1.29, 1.82) is 0 Å². The third-order valence-electron chi connectivity index (χ3n) is 2.76. The maximum absolute atomic E-state index is 12.0. The van der Waals surface area contributed by atoms with Crippen molar-refractivity contribution in [2.75, 3.05) is 13.1 Å². The fourth-order valence-corrected chi connectivity index (χ4v) is 2.76. The standard InChI is InChI=1S/C15H24N2O3S/c1-12-5-7-13(8-6-12)21(19,20)17-10-9-16-14(18)11-15(2,3)4/h5-8,17H,9-11H2,1-4H3,(H,16,18). The van der Waals surface area contributed by atoms with Crippen LogP contribution in [0.25, 0.3) is 0 Å². The lowest BCUT2D eigenvalue weighted by Gasteiger charge is -2.17. The van der Waals surface area contributed by atoms with E-state index < -0.39 is 10.0 Å². The average Bonchev–Trinajstić information content (AvgIpc) is 2.33. The number of hydrogen-bond acceptors (Lipinski definition) is 3. The third-order valence-corrected chi connectivity index (χ3v) is 4.24. The minimum atomic E-state index is -3.51. The number of amides is 1. The van der Waals surface area contributed by atoms with E-state index in [0.29, 0.717) is 6.42 Å². The summed E-state index contributed by atoms with van der Waals surface area (Å²) in [6.07, 6.45) is 0.414. The quantitative estimate of drug-likeness (QED) is 0.787. The molecule has 0 aliphatic carbocycles. The number of nitrogens with one attached hydrogen (secondary N) is 2. The average molecular weight is 312 g/mol. The Morgan fingerprint density at radius 1 is 1.10 bits per heavy atom. The number of rotatable bonds is 6. The van der Waals surface area contributed by atoms with Crippen LogP contribution in [0.4, 0.5) is 0 Å². The molecule has 0 atom stereocenters. The number of hydrogen-bond donors (Lipinski definition) is 2.